The molecule has 3 rings (SSSR count). The van der Waals surface area contributed by atoms with Gasteiger partial charge in [0, 0.05) is 12.1 Å². The Hall–Kier alpha value is -2.34. The zero-order valence-corrected chi connectivity index (χ0v) is 13.0. The Morgan fingerprint density at radius 3 is 2.42 bits per heavy atom. The zero-order chi connectivity index (χ0) is 17.3. The molecule has 24 heavy (non-hydrogen) atoms. The summed E-state index contributed by atoms with van der Waals surface area (Å²) in [5.41, 5.74) is 0.840. The van der Waals surface area contributed by atoms with Crippen molar-refractivity contribution in [1.82, 2.24) is 4.90 Å². The van der Waals surface area contributed by atoms with Gasteiger partial charge in [0.25, 0.3) is 5.91 Å². The molecule has 126 valence electrons. The molecule has 6 heteroatoms. The van der Waals surface area contributed by atoms with Gasteiger partial charge in [-0.1, -0.05) is 12.1 Å². The van der Waals surface area contributed by atoms with E-state index in [1.165, 1.54) is 23.1 Å². The SMILES string of the molecule is CC1CN(C(=O)c2ccc(F)c(F)c2)CC(c2ccc(F)cc2)O1. The van der Waals surface area contributed by atoms with Crippen molar-refractivity contribution >= 4 is 5.91 Å². The molecule has 1 heterocycles. The number of carbonyl (C=O) groups excluding carboxylic acids is 1. The van der Waals surface area contributed by atoms with E-state index >= 15 is 0 Å². The van der Waals surface area contributed by atoms with Crippen LogP contribution in [-0.4, -0.2) is 30.0 Å². The van der Waals surface area contributed by atoms with Crippen molar-refractivity contribution in [2.45, 2.75) is 19.1 Å². The third kappa shape index (κ3) is 3.43. The van der Waals surface area contributed by atoms with E-state index in [1.807, 2.05) is 6.92 Å². The van der Waals surface area contributed by atoms with Crippen molar-refractivity contribution in [2.24, 2.45) is 0 Å². The fourth-order valence-electron chi connectivity index (χ4n) is 2.79. The molecule has 2 aromatic rings. The predicted octanol–water partition coefficient (Wildman–Crippen LogP) is 3.71. The van der Waals surface area contributed by atoms with E-state index in [9.17, 15) is 18.0 Å². The molecule has 0 aromatic heterocycles. The van der Waals surface area contributed by atoms with Crippen LogP contribution in [0.25, 0.3) is 0 Å². The molecule has 2 atom stereocenters. The first kappa shape index (κ1) is 16.5. The second-order valence-electron chi connectivity index (χ2n) is 5.83. The van der Waals surface area contributed by atoms with E-state index in [0.717, 1.165) is 17.7 Å². The van der Waals surface area contributed by atoms with Crippen LogP contribution in [0, 0.1) is 17.5 Å². The van der Waals surface area contributed by atoms with E-state index in [1.54, 1.807) is 12.1 Å². The molecule has 0 saturated carbocycles. The lowest BCUT2D eigenvalue weighted by Crippen LogP contribution is -2.46. The molecule has 0 spiro atoms. The van der Waals surface area contributed by atoms with Crippen LogP contribution in [0.15, 0.2) is 42.5 Å². The molecule has 1 amide bonds. The third-order valence-corrected chi connectivity index (χ3v) is 3.96. The van der Waals surface area contributed by atoms with Crippen molar-refractivity contribution in [3.05, 3.63) is 71.0 Å². The summed E-state index contributed by atoms with van der Waals surface area (Å²) in [6, 6.07) is 8.97. The van der Waals surface area contributed by atoms with Gasteiger partial charge in [-0.05, 0) is 42.8 Å². The van der Waals surface area contributed by atoms with Gasteiger partial charge in [0.2, 0.25) is 0 Å². The molecule has 2 aromatic carbocycles. The first-order valence-corrected chi connectivity index (χ1v) is 7.59. The molecule has 1 aliphatic rings. The Kier molecular flexibility index (Phi) is 4.57. The number of nitrogens with zero attached hydrogens (tertiary/aromatic N) is 1. The number of halogens is 3. The highest BCUT2D eigenvalue weighted by atomic mass is 19.2. The average molecular weight is 335 g/mol. The van der Waals surface area contributed by atoms with Crippen molar-refractivity contribution in [3.8, 4) is 0 Å². The van der Waals surface area contributed by atoms with Crippen molar-refractivity contribution in [1.29, 1.82) is 0 Å². The highest BCUT2D eigenvalue weighted by Crippen LogP contribution is 2.26. The van der Waals surface area contributed by atoms with Crippen LogP contribution in [-0.2, 0) is 4.74 Å². The summed E-state index contributed by atoms with van der Waals surface area (Å²) in [5.74, 6) is -2.79. The largest absolute Gasteiger partial charge is 0.367 e. The van der Waals surface area contributed by atoms with E-state index in [-0.39, 0.29) is 24.0 Å². The van der Waals surface area contributed by atoms with Crippen LogP contribution in [0.4, 0.5) is 13.2 Å². The summed E-state index contributed by atoms with van der Waals surface area (Å²) >= 11 is 0. The van der Waals surface area contributed by atoms with Gasteiger partial charge in [0.15, 0.2) is 11.6 Å². The van der Waals surface area contributed by atoms with Gasteiger partial charge < -0.3 is 9.64 Å². The molecule has 1 fully saturated rings. The van der Waals surface area contributed by atoms with Gasteiger partial charge in [-0.15, -0.1) is 0 Å². The maximum Gasteiger partial charge on any atom is 0.254 e. The number of benzene rings is 2. The Labute approximate surface area is 137 Å². The third-order valence-electron chi connectivity index (χ3n) is 3.96. The van der Waals surface area contributed by atoms with Gasteiger partial charge in [0.05, 0.1) is 12.6 Å². The van der Waals surface area contributed by atoms with E-state index in [0.29, 0.717) is 6.54 Å². The topological polar surface area (TPSA) is 29.5 Å². The molecule has 1 aliphatic heterocycles. The summed E-state index contributed by atoms with van der Waals surface area (Å²) < 4.78 is 45.3. The van der Waals surface area contributed by atoms with Crippen LogP contribution in [0.1, 0.15) is 28.9 Å². The quantitative estimate of drug-likeness (QED) is 0.837. The smallest absolute Gasteiger partial charge is 0.254 e. The van der Waals surface area contributed by atoms with Gasteiger partial charge in [-0.3, -0.25) is 4.79 Å². The maximum atomic E-state index is 13.4. The molecule has 0 radical (unpaired) electrons. The molecular weight excluding hydrogens is 319 g/mol. The lowest BCUT2D eigenvalue weighted by molar-refractivity contribution is -0.0692. The van der Waals surface area contributed by atoms with Crippen molar-refractivity contribution < 1.29 is 22.7 Å². The van der Waals surface area contributed by atoms with Crippen LogP contribution in [0.3, 0.4) is 0 Å². The molecule has 1 saturated heterocycles. The summed E-state index contributed by atoms with van der Waals surface area (Å²) in [4.78, 5) is 14.1. The Bertz CT molecular complexity index is 748. The minimum atomic E-state index is -1.06. The monoisotopic (exact) mass is 335 g/mol. The Morgan fingerprint density at radius 1 is 1.04 bits per heavy atom. The summed E-state index contributed by atoms with van der Waals surface area (Å²) in [7, 11) is 0. The Balaban J connectivity index is 1.81. The van der Waals surface area contributed by atoms with Crippen LogP contribution in [0.5, 0.6) is 0 Å². The summed E-state index contributed by atoms with van der Waals surface area (Å²) in [6.45, 7) is 2.42. The van der Waals surface area contributed by atoms with E-state index < -0.39 is 23.6 Å². The maximum absolute atomic E-state index is 13.4. The zero-order valence-electron chi connectivity index (χ0n) is 13.0. The Morgan fingerprint density at radius 2 is 1.75 bits per heavy atom. The number of ether oxygens (including phenoxy) is 1. The molecule has 0 bridgehead atoms. The second kappa shape index (κ2) is 6.65. The van der Waals surface area contributed by atoms with Crippen molar-refractivity contribution in [2.75, 3.05) is 13.1 Å². The first-order valence-electron chi connectivity index (χ1n) is 7.59. The van der Waals surface area contributed by atoms with E-state index in [2.05, 4.69) is 0 Å². The lowest BCUT2D eigenvalue weighted by Gasteiger charge is -2.37. The summed E-state index contributed by atoms with van der Waals surface area (Å²) in [5, 5.41) is 0. The highest BCUT2D eigenvalue weighted by molar-refractivity contribution is 5.94. The van der Waals surface area contributed by atoms with Gasteiger partial charge >= 0.3 is 0 Å². The average Bonchev–Trinajstić information content (AvgIpc) is 2.57. The number of rotatable bonds is 2. The number of morpholine rings is 1. The molecule has 3 nitrogen and oxygen atoms in total. The molecular formula is C18H16F3NO2. The van der Waals surface area contributed by atoms with Gasteiger partial charge in [0.1, 0.15) is 11.9 Å². The fraction of sp³-hybridized carbons (Fsp3) is 0.278. The fourth-order valence-corrected chi connectivity index (χ4v) is 2.79. The molecule has 2 unspecified atom stereocenters. The van der Waals surface area contributed by atoms with Gasteiger partial charge in [-0.2, -0.15) is 0 Å². The number of hydrogen-bond acceptors (Lipinski definition) is 2. The molecule has 0 aliphatic carbocycles. The van der Waals surface area contributed by atoms with Crippen LogP contribution in [0.2, 0.25) is 0 Å². The first-order chi connectivity index (χ1) is 11.4. The predicted molar refractivity (Wildman–Crippen MR) is 81.9 cm³/mol. The van der Waals surface area contributed by atoms with Crippen LogP contribution >= 0.6 is 0 Å². The second-order valence-corrected chi connectivity index (χ2v) is 5.83. The normalized spacial score (nSPS) is 20.9. The summed E-state index contributed by atoms with van der Waals surface area (Å²) in [6.07, 6.45) is -0.633. The number of carbonyl (C=O) groups is 1. The molecule has 0 N–H and O–H groups in total. The highest BCUT2D eigenvalue weighted by Gasteiger charge is 2.30. The van der Waals surface area contributed by atoms with Gasteiger partial charge in [-0.25, -0.2) is 13.2 Å². The standard InChI is InChI=1S/C18H16F3NO2/c1-11-9-22(18(23)13-4-7-15(20)16(21)8-13)10-17(24-11)12-2-5-14(19)6-3-12/h2-8,11,17H,9-10H2,1H3. The van der Waals surface area contributed by atoms with E-state index in [4.69, 9.17) is 4.74 Å². The van der Waals surface area contributed by atoms with Crippen LogP contribution < -0.4 is 0 Å². The minimum Gasteiger partial charge on any atom is -0.367 e. The minimum absolute atomic E-state index is 0.0841. The van der Waals surface area contributed by atoms with Crippen molar-refractivity contribution in [3.63, 3.8) is 0 Å². The lowest BCUT2D eigenvalue weighted by atomic mass is 10.1. The number of hydrogen-bond donors (Lipinski definition) is 0. The number of amides is 1.